The van der Waals surface area contributed by atoms with Gasteiger partial charge in [0.05, 0.1) is 45.6 Å². The maximum absolute atomic E-state index is 12.0. The van der Waals surface area contributed by atoms with Crippen LogP contribution in [-0.2, 0) is 6.54 Å². The highest BCUT2D eigenvalue weighted by Crippen LogP contribution is 2.22. The van der Waals surface area contributed by atoms with Crippen LogP contribution in [0.1, 0.15) is 49.4 Å². The molecule has 1 aromatic heterocycles. The Morgan fingerprint density at radius 1 is 0.963 bits per heavy atom. The summed E-state index contributed by atoms with van der Waals surface area (Å²) in [5.41, 5.74) is -0.0248. The molecule has 27 heavy (non-hydrogen) atoms. The van der Waals surface area contributed by atoms with Gasteiger partial charge in [0.2, 0.25) is 0 Å². The summed E-state index contributed by atoms with van der Waals surface area (Å²) in [6.45, 7) is 9.81. The van der Waals surface area contributed by atoms with Gasteiger partial charge < -0.3 is 5.32 Å². The van der Waals surface area contributed by atoms with E-state index in [1.807, 2.05) is 27.7 Å². The van der Waals surface area contributed by atoms with Crippen LogP contribution in [0.5, 0.6) is 0 Å². The van der Waals surface area contributed by atoms with Gasteiger partial charge >= 0.3 is 0 Å². The highest BCUT2D eigenvalue weighted by atomic mass is 16.6. The van der Waals surface area contributed by atoms with E-state index >= 15 is 0 Å². The lowest BCUT2D eigenvalue weighted by atomic mass is 10.1. The van der Waals surface area contributed by atoms with Crippen molar-refractivity contribution in [1.29, 1.82) is 0 Å². The van der Waals surface area contributed by atoms with Crippen molar-refractivity contribution < 1.29 is 14.6 Å². The minimum atomic E-state index is -0.796. The smallest absolute Gasteiger partial charge is 0.277 e. The number of carbonyl (C=O) groups is 1. The van der Waals surface area contributed by atoms with Gasteiger partial charge in [-0.05, 0) is 6.92 Å². The minimum absolute atomic E-state index is 0.0442. The van der Waals surface area contributed by atoms with Gasteiger partial charge in [-0.25, -0.2) is 0 Å². The molecule has 0 atom stereocenters. The number of nitrogens with zero attached hydrogens (tertiary/aromatic N) is 4. The molecular formula is C17H23N5O5. The molecule has 0 spiro atoms. The van der Waals surface area contributed by atoms with Gasteiger partial charge in [0, 0.05) is 18.3 Å². The molecule has 2 rings (SSSR count). The van der Waals surface area contributed by atoms with Crippen molar-refractivity contribution in [2.24, 2.45) is 0 Å². The van der Waals surface area contributed by atoms with Crippen LogP contribution < -0.4 is 5.32 Å². The zero-order chi connectivity index (χ0) is 21.0. The van der Waals surface area contributed by atoms with E-state index < -0.39 is 27.1 Å². The Kier molecular flexibility index (Phi) is 10.5. The van der Waals surface area contributed by atoms with Crippen LogP contribution in [-0.4, -0.2) is 25.7 Å². The number of nitrogens with one attached hydrogen (secondary N) is 1. The summed E-state index contributed by atoms with van der Waals surface area (Å²) in [6.07, 6.45) is 3.01. The maximum Gasteiger partial charge on any atom is 0.277 e. The molecule has 10 heteroatoms. The highest BCUT2D eigenvalue weighted by molar-refractivity contribution is 5.95. The number of nitro groups is 2. The zero-order valence-corrected chi connectivity index (χ0v) is 15.9. The average molecular weight is 377 g/mol. The molecule has 1 amide bonds. The van der Waals surface area contributed by atoms with Gasteiger partial charge in [0.15, 0.2) is 0 Å². The first kappa shape index (κ1) is 23.6. The second-order valence-corrected chi connectivity index (χ2v) is 4.58. The predicted octanol–water partition coefficient (Wildman–Crippen LogP) is 3.58. The number of aromatic nitrogens is 2. The number of aryl methyl sites for hydroxylation is 1. The van der Waals surface area contributed by atoms with Gasteiger partial charge in [-0.2, -0.15) is 0 Å². The van der Waals surface area contributed by atoms with Crippen LogP contribution in [0.4, 0.5) is 11.4 Å². The Morgan fingerprint density at radius 2 is 1.48 bits per heavy atom. The first-order valence-electron chi connectivity index (χ1n) is 8.36. The van der Waals surface area contributed by atoms with E-state index in [4.69, 9.17) is 0 Å². The van der Waals surface area contributed by atoms with Gasteiger partial charge in [-0.15, -0.1) is 0 Å². The highest BCUT2D eigenvalue weighted by Gasteiger charge is 2.19. The van der Waals surface area contributed by atoms with E-state index in [-0.39, 0.29) is 12.1 Å². The molecule has 0 radical (unpaired) electrons. The van der Waals surface area contributed by atoms with Crippen LogP contribution in [0.15, 0.2) is 30.6 Å². The fourth-order valence-corrected chi connectivity index (χ4v) is 1.72. The van der Waals surface area contributed by atoms with E-state index in [1.54, 1.807) is 6.92 Å². The van der Waals surface area contributed by atoms with Crippen LogP contribution >= 0.6 is 0 Å². The molecule has 0 aliphatic heterocycles. The Bertz CT molecular complexity index is 746. The number of nitro benzene ring substituents is 2. The molecule has 2 aromatic rings. The number of benzene rings is 1. The molecule has 0 aliphatic rings. The van der Waals surface area contributed by atoms with E-state index in [0.717, 1.165) is 23.9 Å². The summed E-state index contributed by atoms with van der Waals surface area (Å²) in [5.74, 6) is -0.681. The van der Waals surface area contributed by atoms with Crippen molar-refractivity contribution in [2.75, 3.05) is 0 Å². The van der Waals surface area contributed by atoms with Crippen molar-refractivity contribution in [1.82, 2.24) is 15.3 Å². The Hall–Kier alpha value is -3.43. The molecule has 1 N–H and O–H groups in total. The number of non-ortho nitro benzene ring substituents is 2. The lowest BCUT2D eigenvalue weighted by Gasteiger charge is -2.05. The molecule has 0 unspecified atom stereocenters. The molecule has 0 saturated carbocycles. The Morgan fingerprint density at radius 3 is 1.89 bits per heavy atom. The van der Waals surface area contributed by atoms with E-state index in [1.165, 1.54) is 12.4 Å². The summed E-state index contributed by atoms with van der Waals surface area (Å²) in [7, 11) is 0. The SMILES string of the molecule is CC.CC.Cc1cnc(CNC(=O)c2cc([N+](=O)[O-])cc([N+](=O)[O-])c2)cn1. The summed E-state index contributed by atoms with van der Waals surface area (Å²) in [5, 5.41) is 24.1. The van der Waals surface area contributed by atoms with Crippen molar-refractivity contribution >= 4 is 17.3 Å². The summed E-state index contributed by atoms with van der Waals surface area (Å²) in [4.78, 5) is 40.1. The van der Waals surface area contributed by atoms with Crippen molar-refractivity contribution in [3.63, 3.8) is 0 Å². The third-order valence-corrected chi connectivity index (χ3v) is 2.85. The summed E-state index contributed by atoms with van der Waals surface area (Å²) < 4.78 is 0. The first-order valence-corrected chi connectivity index (χ1v) is 8.36. The van der Waals surface area contributed by atoms with Crippen LogP contribution in [0.25, 0.3) is 0 Å². The molecule has 146 valence electrons. The first-order chi connectivity index (χ1) is 12.9. The fraction of sp³-hybridized carbons (Fsp3) is 0.353. The van der Waals surface area contributed by atoms with E-state index in [9.17, 15) is 25.0 Å². The molecular weight excluding hydrogens is 354 g/mol. The topological polar surface area (TPSA) is 141 Å². The number of rotatable bonds is 5. The third-order valence-electron chi connectivity index (χ3n) is 2.85. The Labute approximate surface area is 157 Å². The van der Waals surface area contributed by atoms with Crippen LogP contribution in [0, 0.1) is 27.2 Å². The third kappa shape index (κ3) is 7.55. The Balaban J connectivity index is 0.00000158. The van der Waals surface area contributed by atoms with Gasteiger partial charge in [0.25, 0.3) is 17.3 Å². The molecule has 1 aromatic carbocycles. The fourth-order valence-electron chi connectivity index (χ4n) is 1.72. The zero-order valence-electron chi connectivity index (χ0n) is 15.9. The maximum atomic E-state index is 12.0. The molecule has 0 saturated heterocycles. The van der Waals surface area contributed by atoms with E-state index in [2.05, 4.69) is 15.3 Å². The van der Waals surface area contributed by atoms with Crippen molar-refractivity contribution in [2.45, 2.75) is 41.2 Å². The predicted molar refractivity (Wildman–Crippen MR) is 100 cm³/mol. The number of hydrogen-bond donors (Lipinski definition) is 1. The van der Waals surface area contributed by atoms with Crippen molar-refractivity contribution in [3.8, 4) is 0 Å². The van der Waals surface area contributed by atoms with Gasteiger partial charge in [-0.1, -0.05) is 27.7 Å². The number of amides is 1. The molecule has 10 nitrogen and oxygen atoms in total. The molecule has 0 fully saturated rings. The number of hydrogen-bond acceptors (Lipinski definition) is 7. The van der Waals surface area contributed by atoms with Gasteiger partial charge in [0.1, 0.15) is 0 Å². The largest absolute Gasteiger partial charge is 0.346 e. The lowest BCUT2D eigenvalue weighted by molar-refractivity contribution is -0.394. The lowest BCUT2D eigenvalue weighted by Crippen LogP contribution is -2.23. The number of carbonyl (C=O) groups excluding carboxylic acids is 1. The summed E-state index contributed by atoms with van der Waals surface area (Å²) >= 11 is 0. The van der Waals surface area contributed by atoms with Crippen LogP contribution in [0.3, 0.4) is 0 Å². The molecule has 1 heterocycles. The molecule has 0 aliphatic carbocycles. The van der Waals surface area contributed by atoms with Crippen molar-refractivity contribution in [3.05, 3.63) is 67.8 Å². The van der Waals surface area contributed by atoms with E-state index in [0.29, 0.717) is 5.69 Å². The monoisotopic (exact) mass is 377 g/mol. The standard InChI is InChI=1S/C13H11N5O5.2C2H6/c1-8-5-15-10(6-14-8)7-16-13(19)9-2-11(17(20)21)4-12(3-9)18(22)23;2*1-2/h2-6H,7H2,1H3,(H,16,19);2*1-2H3. The molecule has 0 bridgehead atoms. The normalized spacial score (nSPS) is 9.07. The average Bonchev–Trinajstić information content (AvgIpc) is 2.70. The van der Waals surface area contributed by atoms with Gasteiger partial charge in [-0.3, -0.25) is 35.0 Å². The quantitative estimate of drug-likeness (QED) is 0.620. The van der Waals surface area contributed by atoms with Crippen LogP contribution in [0.2, 0.25) is 0 Å². The minimum Gasteiger partial charge on any atom is -0.346 e. The second-order valence-electron chi connectivity index (χ2n) is 4.58. The summed E-state index contributed by atoms with van der Waals surface area (Å²) in [6, 6.07) is 2.74. The second kappa shape index (κ2) is 12.0.